The van der Waals surface area contributed by atoms with Crippen molar-refractivity contribution in [3.8, 4) is 5.75 Å². The lowest BCUT2D eigenvalue weighted by Gasteiger charge is -2.14. The molecule has 0 atom stereocenters. The van der Waals surface area contributed by atoms with Crippen molar-refractivity contribution in [3.05, 3.63) is 29.8 Å². The number of likely N-dealkylation sites (N-methyl/N-ethyl adjacent to an activating group) is 1. The molecule has 0 unspecified atom stereocenters. The van der Waals surface area contributed by atoms with E-state index in [1.54, 1.807) is 0 Å². The minimum Gasteiger partial charge on any atom is -0.491 e. The van der Waals surface area contributed by atoms with Gasteiger partial charge in [0.1, 0.15) is 5.75 Å². The lowest BCUT2D eigenvalue weighted by atomic mass is 10.1. The van der Waals surface area contributed by atoms with Gasteiger partial charge in [0.15, 0.2) is 0 Å². The van der Waals surface area contributed by atoms with E-state index in [4.69, 9.17) is 4.74 Å². The maximum Gasteiger partial charge on any atom is 0.224 e. The standard InChI is InChI=1S/C15H24N2O2.ClH/c1-4-16-9-10-17-15(18)11-13-7-5-6-8-14(13)19-12(2)3;/h5-8,12,16H,4,9-11H2,1-3H3,(H,17,18);1H. The summed E-state index contributed by atoms with van der Waals surface area (Å²) in [6, 6.07) is 7.68. The molecule has 0 aromatic heterocycles. The second-order valence-corrected chi connectivity index (χ2v) is 4.65. The molecule has 0 fully saturated rings. The van der Waals surface area contributed by atoms with Gasteiger partial charge in [-0.1, -0.05) is 25.1 Å². The molecule has 2 N–H and O–H groups in total. The number of hydrogen-bond acceptors (Lipinski definition) is 3. The summed E-state index contributed by atoms with van der Waals surface area (Å²) in [5.74, 6) is 0.817. The number of halogens is 1. The molecule has 20 heavy (non-hydrogen) atoms. The molecule has 0 aliphatic rings. The third-order valence-corrected chi connectivity index (χ3v) is 2.56. The summed E-state index contributed by atoms with van der Waals surface area (Å²) >= 11 is 0. The molecule has 4 nitrogen and oxygen atoms in total. The molecule has 114 valence electrons. The van der Waals surface area contributed by atoms with Crippen LogP contribution >= 0.6 is 12.4 Å². The molecular weight excluding hydrogens is 276 g/mol. The number of nitrogens with one attached hydrogen (secondary N) is 2. The van der Waals surface area contributed by atoms with Crippen LogP contribution in [0.15, 0.2) is 24.3 Å². The van der Waals surface area contributed by atoms with Crippen LogP contribution < -0.4 is 15.4 Å². The van der Waals surface area contributed by atoms with Crippen molar-refractivity contribution in [2.75, 3.05) is 19.6 Å². The highest BCUT2D eigenvalue weighted by atomic mass is 35.5. The van der Waals surface area contributed by atoms with Gasteiger partial charge < -0.3 is 15.4 Å². The molecule has 0 saturated carbocycles. The Morgan fingerprint density at radius 1 is 1.25 bits per heavy atom. The summed E-state index contributed by atoms with van der Waals surface area (Å²) < 4.78 is 5.70. The average Bonchev–Trinajstić information content (AvgIpc) is 2.36. The molecule has 1 rings (SSSR count). The lowest BCUT2D eigenvalue weighted by molar-refractivity contribution is -0.120. The first-order valence-electron chi connectivity index (χ1n) is 6.85. The average molecular weight is 301 g/mol. The number of ether oxygens (including phenoxy) is 1. The van der Waals surface area contributed by atoms with E-state index in [1.807, 2.05) is 45.0 Å². The Labute approximate surface area is 127 Å². The molecule has 1 amide bonds. The summed E-state index contributed by atoms with van der Waals surface area (Å²) in [4.78, 5) is 11.8. The Morgan fingerprint density at radius 2 is 1.95 bits per heavy atom. The quantitative estimate of drug-likeness (QED) is 0.724. The van der Waals surface area contributed by atoms with Crippen molar-refractivity contribution < 1.29 is 9.53 Å². The van der Waals surface area contributed by atoms with E-state index in [-0.39, 0.29) is 24.4 Å². The van der Waals surface area contributed by atoms with E-state index in [2.05, 4.69) is 10.6 Å². The lowest BCUT2D eigenvalue weighted by Crippen LogP contribution is -2.32. The van der Waals surface area contributed by atoms with Gasteiger partial charge in [-0.25, -0.2) is 0 Å². The monoisotopic (exact) mass is 300 g/mol. The third kappa shape index (κ3) is 7.36. The third-order valence-electron chi connectivity index (χ3n) is 2.56. The van der Waals surface area contributed by atoms with Gasteiger partial charge >= 0.3 is 0 Å². The Morgan fingerprint density at radius 3 is 2.60 bits per heavy atom. The summed E-state index contributed by atoms with van der Waals surface area (Å²) in [5.41, 5.74) is 0.928. The smallest absolute Gasteiger partial charge is 0.224 e. The predicted molar refractivity (Wildman–Crippen MR) is 84.7 cm³/mol. The fraction of sp³-hybridized carbons (Fsp3) is 0.533. The van der Waals surface area contributed by atoms with Crippen LogP contribution in [-0.4, -0.2) is 31.6 Å². The Hall–Kier alpha value is -1.26. The second-order valence-electron chi connectivity index (χ2n) is 4.65. The van der Waals surface area contributed by atoms with Crippen LogP contribution in [0.1, 0.15) is 26.3 Å². The maximum atomic E-state index is 11.8. The van der Waals surface area contributed by atoms with Gasteiger partial charge in [-0.3, -0.25) is 4.79 Å². The van der Waals surface area contributed by atoms with Gasteiger partial charge in [0.25, 0.3) is 0 Å². The largest absolute Gasteiger partial charge is 0.491 e. The van der Waals surface area contributed by atoms with Crippen LogP contribution in [0, 0.1) is 0 Å². The van der Waals surface area contributed by atoms with Crippen molar-refractivity contribution in [3.63, 3.8) is 0 Å². The zero-order chi connectivity index (χ0) is 14.1. The van der Waals surface area contributed by atoms with E-state index in [1.165, 1.54) is 0 Å². The molecule has 0 aliphatic heterocycles. The molecule has 1 aromatic carbocycles. The molecule has 0 saturated heterocycles. The maximum absolute atomic E-state index is 11.8. The second kappa shape index (κ2) is 10.5. The van der Waals surface area contributed by atoms with E-state index >= 15 is 0 Å². The van der Waals surface area contributed by atoms with E-state index in [0.29, 0.717) is 13.0 Å². The molecule has 0 spiro atoms. The van der Waals surface area contributed by atoms with Crippen molar-refractivity contribution in [1.82, 2.24) is 10.6 Å². The number of hydrogen-bond donors (Lipinski definition) is 2. The molecule has 0 aliphatic carbocycles. The Balaban J connectivity index is 0.00000361. The molecule has 1 aromatic rings. The van der Waals surface area contributed by atoms with Crippen molar-refractivity contribution in [2.24, 2.45) is 0 Å². The first kappa shape index (κ1) is 18.7. The minimum atomic E-state index is 0. The molecule has 0 radical (unpaired) electrons. The van der Waals surface area contributed by atoms with Crippen LogP contribution in [0.4, 0.5) is 0 Å². The van der Waals surface area contributed by atoms with Crippen LogP contribution in [0.25, 0.3) is 0 Å². The summed E-state index contributed by atoms with van der Waals surface area (Å²) in [5, 5.41) is 6.06. The fourth-order valence-corrected chi connectivity index (χ4v) is 1.72. The van der Waals surface area contributed by atoms with Crippen molar-refractivity contribution >= 4 is 18.3 Å². The Kier molecular flexibility index (Phi) is 9.86. The topological polar surface area (TPSA) is 50.4 Å². The van der Waals surface area contributed by atoms with Gasteiger partial charge in [-0.05, 0) is 26.5 Å². The van der Waals surface area contributed by atoms with E-state index in [0.717, 1.165) is 24.4 Å². The Bertz CT molecular complexity index is 397. The molecule has 0 bridgehead atoms. The van der Waals surface area contributed by atoms with Crippen LogP contribution in [0.3, 0.4) is 0 Å². The highest BCUT2D eigenvalue weighted by molar-refractivity contribution is 5.85. The zero-order valence-corrected chi connectivity index (χ0v) is 13.3. The molecule has 0 heterocycles. The number of para-hydroxylation sites is 1. The first-order valence-corrected chi connectivity index (χ1v) is 6.85. The van der Waals surface area contributed by atoms with Crippen LogP contribution in [0.2, 0.25) is 0 Å². The van der Waals surface area contributed by atoms with E-state index in [9.17, 15) is 4.79 Å². The minimum absolute atomic E-state index is 0. The van der Waals surface area contributed by atoms with Gasteiger partial charge in [0.05, 0.1) is 12.5 Å². The van der Waals surface area contributed by atoms with Crippen molar-refractivity contribution in [2.45, 2.75) is 33.3 Å². The van der Waals surface area contributed by atoms with Crippen LogP contribution in [0.5, 0.6) is 5.75 Å². The summed E-state index contributed by atoms with van der Waals surface area (Å²) in [7, 11) is 0. The predicted octanol–water partition coefficient (Wildman–Crippen LogP) is 2.16. The van der Waals surface area contributed by atoms with Crippen molar-refractivity contribution in [1.29, 1.82) is 0 Å². The van der Waals surface area contributed by atoms with Crippen LogP contribution in [-0.2, 0) is 11.2 Å². The van der Waals surface area contributed by atoms with Gasteiger partial charge in [0.2, 0.25) is 5.91 Å². The van der Waals surface area contributed by atoms with Gasteiger partial charge in [0, 0.05) is 18.7 Å². The van der Waals surface area contributed by atoms with Gasteiger partial charge in [-0.2, -0.15) is 0 Å². The normalized spacial score (nSPS) is 10.0. The molecule has 5 heteroatoms. The number of carbonyl (C=O) groups is 1. The SMILES string of the molecule is CCNCCNC(=O)Cc1ccccc1OC(C)C.Cl. The van der Waals surface area contributed by atoms with Gasteiger partial charge in [-0.15, -0.1) is 12.4 Å². The number of benzene rings is 1. The first-order chi connectivity index (χ1) is 9.13. The summed E-state index contributed by atoms with van der Waals surface area (Å²) in [6.45, 7) is 8.37. The number of carbonyl (C=O) groups excluding carboxylic acids is 1. The number of rotatable bonds is 8. The molecular formula is C15H25ClN2O2. The summed E-state index contributed by atoms with van der Waals surface area (Å²) in [6.07, 6.45) is 0.465. The fourth-order valence-electron chi connectivity index (χ4n) is 1.72. The number of amides is 1. The highest BCUT2D eigenvalue weighted by Gasteiger charge is 2.09. The zero-order valence-electron chi connectivity index (χ0n) is 12.4. The highest BCUT2D eigenvalue weighted by Crippen LogP contribution is 2.19. The van der Waals surface area contributed by atoms with E-state index < -0.39 is 0 Å².